The van der Waals surface area contributed by atoms with E-state index in [9.17, 15) is 4.79 Å². The van der Waals surface area contributed by atoms with Crippen LogP contribution in [0.15, 0.2) is 40.9 Å². The van der Waals surface area contributed by atoms with Crippen LogP contribution < -0.4 is 0 Å². The van der Waals surface area contributed by atoms with E-state index >= 15 is 0 Å². The van der Waals surface area contributed by atoms with E-state index < -0.39 is 0 Å². The van der Waals surface area contributed by atoms with Gasteiger partial charge in [0.25, 0.3) is 0 Å². The predicted octanol–water partition coefficient (Wildman–Crippen LogP) is 3.07. The van der Waals surface area contributed by atoms with Crippen LogP contribution in [0.1, 0.15) is 12.5 Å². The van der Waals surface area contributed by atoms with E-state index in [0.29, 0.717) is 17.7 Å². The lowest BCUT2D eigenvalue weighted by atomic mass is 10.2. The Labute approximate surface area is 98.1 Å². The van der Waals surface area contributed by atoms with Crippen molar-refractivity contribution in [2.45, 2.75) is 13.5 Å². The Bertz CT molecular complexity index is 344. The molecule has 1 aromatic rings. The highest BCUT2D eigenvalue weighted by Gasteiger charge is 1.96. The van der Waals surface area contributed by atoms with Crippen molar-refractivity contribution in [1.29, 1.82) is 0 Å². The Balaban J connectivity index is 2.29. The lowest BCUT2D eigenvalue weighted by Gasteiger charge is -2.01. The summed E-state index contributed by atoms with van der Waals surface area (Å²) in [4.78, 5) is 10.8. The molecule has 80 valence electrons. The molecule has 0 fully saturated rings. The molecule has 0 aliphatic heterocycles. The summed E-state index contributed by atoms with van der Waals surface area (Å²) in [5.41, 5.74) is 1.13. The zero-order valence-electron chi connectivity index (χ0n) is 8.57. The molecule has 0 N–H and O–H groups in total. The first-order valence-electron chi connectivity index (χ1n) is 4.68. The minimum atomic E-state index is 0.0123. The quantitative estimate of drug-likeness (QED) is 0.606. The molecule has 0 spiro atoms. The van der Waals surface area contributed by atoms with E-state index in [2.05, 4.69) is 15.9 Å². The summed E-state index contributed by atoms with van der Waals surface area (Å²) in [6.45, 7) is 2.52. The summed E-state index contributed by atoms with van der Waals surface area (Å²) in [6, 6.07) is 9.92. The number of ether oxygens (including phenoxy) is 1. The minimum Gasteiger partial charge on any atom is -0.373 e. The van der Waals surface area contributed by atoms with Crippen molar-refractivity contribution in [3.63, 3.8) is 0 Å². The van der Waals surface area contributed by atoms with Gasteiger partial charge in [-0.2, -0.15) is 0 Å². The maximum absolute atomic E-state index is 10.8. The summed E-state index contributed by atoms with van der Waals surface area (Å²) < 4.78 is 5.95. The lowest BCUT2D eigenvalue weighted by Crippen LogP contribution is -1.95. The summed E-state index contributed by atoms with van der Waals surface area (Å²) in [5.74, 6) is 0.0123. The molecule has 0 aliphatic rings. The van der Waals surface area contributed by atoms with Gasteiger partial charge in [0.05, 0.1) is 17.7 Å². The zero-order chi connectivity index (χ0) is 11.1. The molecule has 1 rings (SSSR count). The van der Waals surface area contributed by atoms with Crippen LogP contribution >= 0.6 is 15.9 Å². The monoisotopic (exact) mass is 268 g/mol. The SMILES string of the molecule is CC(=O)/C(Br)=C/COCc1ccccc1. The highest BCUT2D eigenvalue weighted by molar-refractivity contribution is 9.12. The van der Waals surface area contributed by atoms with Gasteiger partial charge >= 0.3 is 0 Å². The molecule has 0 atom stereocenters. The molecule has 0 saturated heterocycles. The zero-order valence-corrected chi connectivity index (χ0v) is 10.2. The minimum absolute atomic E-state index is 0.0123. The largest absolute Gasteiger partial charge is 0.373 e. The maximum Gasteiger partial charge on any atom is 0.166 e. The summed E-state index contributed by atoms with van der Waals surface area (Å²) in [5, 5.41) is 0. The Kier molecular flexibility index (Phi) is 5.29. The molecular formula is C12H13BrO2. The Morgan fingerprint density at radius 2 is 2.07 bits per heavy atom. The molecule has 15 heavy (non-hydrogen) atoms. The number of halogens is 1. The number of benzene rings is 1. The highest BCUT2D eigenvalue weighted by Crippen LogP contribution is 2.06. The fourth-order valence-electron chi connectivity index (χ4n) is 1.03. The van der Waals surface area contributed by atoms with Crippen LogP contribution in [0.25, 0.3) is 0 Å². The molecule has 0 saturated carbocycles. The van der Waals surface area contributed by atoms with Crippen molar-refractivity contribution in [2.24, 2.45) is 0 Å². The number of carbonyl (C=O) groups is 1. The van der Waals surface area contributed by atoms with E-state index in [1.165, 1.54) is 6.92 Å². The van der Waals surface area contributed by atoms with E-state index in [1.807, 2.05) is 30.3 Å². The van der Waals surface area contributed by atoms with Crippen LogP contribution in [-0.4, -0.2) is 12.4 Å². The standard InChI is InChI=1S/C12H13BrO2/c1-10(14)12(13)7-8-15-9-11-5-3-2-4-6-11/h2-7H,8-9H2,1H3/b12-7-. The van der Waals surface area contributed by atoms with E-state index in [1.54, 1.807) is 6.08 Å². The van der Waals surface area contributed by atoms with Crippen molar-refractivity contribution >= 4 is 21.7 Å². The van der Waals surface area contributed by atoms with Crippen molar-refractivity contribution in [1.82, 2.24) is 0 Å². The molecule has 2 nitrogen and oxygen atoms in total. The molecule has 0 unspecified atom stereocenters. The number of rotatable bonds is 5. The van der Waals surface area contributed by atoms with Gasteiger partial charge < -0.3 is 4.74 Å². The van der Waals surface area contributed by atoms with Crippen molar-refractivity contribution in [3.8, 4) is 0 Å². The number of allylic oxidation sites excluding steroid dienone is 1. The fraction of sp³-hybridized carbons (Fsp3) is 0.250. The second-order valence-corrected chi connectivity index (χ2v) is 3.96. The van der Waals surface area contributed by atoms with Crippen LogP contribution in [0.2, 0.25) is 0 Å². The number of hydrogen-bond acceptors (Lipinski definition) is 2. The number of carbonyl (C=O) groups excluding carboxylic acids is 1. The molecule has 3 heteroatoms. The van der Waals surface area contributed by atoms with Gasteiger partial charge in [-0.05, 0) is 34.5 Å². The van der Waals surface area contributed by atoms with Crippen LogP contribution in [-0.2, 0) is 16.1 Å². The third-order valence-corrected chi connectivity index (χ3v) is 2.71. The van der Waals surface area contributed by atoms with Crippen LogP contribution in [0.3, 0.4) is 0 Å². The van der Waals surface area contributed by atoms with Crippen molar-refractivity contribution in [2.75, 3.05) is 6.61 Å². The van der Waals surface area contributed by atoms with Gasteiger partial charge in [-0.3, -0.25) is 4.79 Å². The van der Waals surface area contributed by atoms with Gasteiger partial charge in [0.1, 0.15) is 0 Å². The fourth-order valence-corrected chi connectivity index (χ4v) is 1.16. The molecular weight excluding hydrogens is 256 g/mol. The Morgan fingerprint density at radius 3 is 2.67 bits per heavy atom. The van der Waals surface area contributed by atoms with Gasteiger partial charge in [-0.25, -0.2) is 0 Å². The number of Topliss-reactive ketones (excluding diaryl/α,β-unsaturated/α-hetero) is 1. The average molecular weight is 269 g/mol. The van der Waals surface area contributed by atoms with Crippen LogP contribution in [0.4, 0.5) is 0 Å². The molecule has 1 aromatic carbocycles. The van der Waals surface area contributed by atoms with E-state index in [-0.39, 0.29) is 5.78 Å². The first-order chi connectivity index (χ1) is 7.20. The first kappa shape index (κ1) is 12.1. The number of hydrogen-bond donors (Lipinski definition) is 0. The second-order valence-electron chi connectivity index (χ2n) is 3.11. The van der Waals surface area contributed by atoms with Crippen LogP contribution in [0.5, 0.6) is 0 Å². The molecule has 0 heterocycles. The third kappa shape index (κ3) is 4.91. The molecule has 0 amide bonds. The maximum atomic E-state index is 10.8. The van der Waals surface area contributed by atoms with E-state index in [4.69, 9.17) is 4.74 Å². The smallest absolute Gasteiger partial charge is 0.166 e. The Morgan fingerprint density at radius 1 is 1.40 bits per heavy atom. The van der Waals surface area contributed by atoms with E-state index in [0.717, 1.165) is 5.56 Å². The van der Waals surface area contributed by atoms with Crippen molar-refractivity contribution < 1.29 is 9.53 Å². The summed E-state index contributed by atoms with van der Waals surface area (Å²) in [7, 11) is 0. The van der Waals surface area contributed by atoms with Gasteiger partial charge in [-0.15, -0.1) is 0 Å². The average Bonchev–Trinajstić information content (AvgIpc) is 2.25. The predicted molar refractivity (Wildman–Crippen MR) is 63.8 cm³/mol. The lowest BCUT2D eigenvalue weighted by molar-refractivity contribution is -0.112. The third-order valence-electron chi connectivity index (χ3n) is 1.83. The summed E-state index contributed by atoms with van der Waals surface area (Å²) >= 11 is 3.16. The second kappa shape index (κ2) is 6.53. The van der Waals surface area contributed by atoms with Gasteiger partial charge in [0.15, 0.2) is 5.78 Å². The number of ketones is 1. The first-order valence-corrected chi connectivity index (χ1v) is 5.47. The normalized spacial score (nSPS) is 11.5. The molecule has 0 radical (unpaired) electrons. The van der Waals surface area contributed by atoms with Gasteiger partial charge in [0, 0.05) is 0 Å². The Hall–Kier alpha value is -0.930. The van der Waals surface area contributed by atoms with Crippen molar-refractivity contribution in [3.05, 3.63) is 46.5 Å². The molecule has 0 aromatic heterocycles. The van der Waals surface area contributed by atoms with Gasteiger partial charge in [0.2, 0.25) is 0 Å². The molecule has 0 bridgehead atoms. The van der Waals surface area contributed by atoms with Crippen LogP contribution in [0, 0.1) is 0 Å². The summed E-state index contributed by atoms with van der Waals surface area (Å²) in [6.07, 6.45) is 1.73. The molecule has 0 aliphatic carbocycles. The van der Waals surface area contributed by atoms with Gasteiger partial charge in [-0.1, -0.05) is 30.3 Å². The topological polar surface area (TPSA) is 26.3 Å². The highest BCUT2D eigenvalue weighted by atomic mass is 79.9.